The van der Waals surface area contributed by atoms with Crippen molar-refractivity contribution >= 4 is 18.3 Å². The molecule has 1 amide bonds. The van der Waals surface area contributed by atoms with Crippen molar-refractivity contribution in [2.75, 3.05) is 13.1 Å². The van der Waals surface area contributed by atoms with E-state index in [2.05, 4.69) is 31.4 Å². The van der Waals surface area contributed by atoms with Gasteiger partial charge in [-0.3, -0.25) is 4.79 Å². The van der Waals surface area contributed by atoms with Gasteiger partial charge < -0.3 is 10.6 Å². The monoisotopic (exact) mass is 302 g/mol. The van der Waals surface area contributed by atoms with Crippen LogP contribution in [0.1, 0.15) is 59.3 Å². The van der Waals surface area contributed by atoms with E-state index in [1.807, 2.05) is 0 Å². The molecule has 1 saturated heterocycles. The molecule has 2 N–H and O–H groups in total. The third kappa shape index (κ3) is 5.25. The Hall–Kier alpha value is -0.280. The zero-order valence-corrected chi connectivity index (χ0v) is 14.0. The van der Waals surface area contributed by atoms with Crippen LogP contribution in [0.15, 0.2) is 0 Å². The number of nitrogens with one attached hydrogen (secondary N) is 2. The first-order valence-corrected chi connectivity index (χ1v) is 7.97. The van der Waals surface area contributed by atoms with E-state index in [0.717, 1.165) is 25.9 Å². The van der Waals surface area contributed by atoms with Crippen LogP contribution < -0.4 is 10.6 Å². The standard InChI is InChI=1S/C16H30N2O.ClH/c1-12-10-14(6-9-17-12)15(19)18-11-13-4-7-16(2,3)8-5-13;/h12-14,17H,4-11H2,1-3H3,(H,18,19);1H/t12-,14-;/m0./s1. The molecule has 0 unspecified atom stereocenters. The van der Waals surface area contributed by atoms with Gasteiger partial charge in [-0.05, 0) is 63.3 Å². The molecule has 0 spiro atoms. The zero-order chi connectivity index (χ0) is 13.9. The summed E-state index contributed by atoms with van der Waals surface area (Å²) < 4.78 is 0. The van der Waals surface area contributed by atoms with Gasteiger partial charge in [0.05, 0.1) is 0 Å². The van der Waals surface area contributed by atoms with Gasteiger partial charge in [0.1, 0.15) is 0 Å². The smallest absolute Gasteiger partial charge is 0.223 e. The van der Waals surface area contributed by atoms with Crippen molar-refractivity contribution in [2.45, 2.75) is 65.3 Å². The first-order valence-electron chi connectivity index (χ1n) is 7.97. The number of carbonyl (C=O) groups excluding carboxylic acids is 1. The maximum absolute atomic E-state index is 12.2. The lowest BCUT2D eigenvalue weighted by molar-refractivity contribution is -0.126. The SMILES string of the molecule is C[C@H]1C[C@@H](C(=O)NCC2CCC(C)(C)CC2)CCN1.Cl. The molecule has 4 heteroatoms. The van der Waals surface area contributed by atoms with Gasteiger partial charge in [0.25, 0.3) is 0 Å². The number of rotatable bonds is 3. The van der Waals surface area contributed by atoms with Crippen LogP contribution in [0.4, 0.5) is 0 Å². The minimum absolute atomic E-state index is 0. The Balaban J connectivity index is 0.00000200. The molecule has 1 aliphatic heterocycles. The summed E-state index contributed by atoms with van der Waals surface area (Å²) in [5.74, 6) is 1.23. The van der Waals surface area contributed by atoms with Crippen LogP contribution in [0, 0.1) is 17.3 Å². The minimum Gasteiger partial charge on any atom is -0.356 e. The van der Waals surface area contributed by atoms with Crippen LogP contribution in [-0.2, 0) is 4.79 Å². The summed E-state index contributed by atoms with van der Waals surface area (Å²) in [7, 11) is 0. The quantitative estimate of drug-likeness (QED) is 0.841. The summed E-state index contributed by atoms with van der Waals surface area (Å²) in [4.78, 5) is 12.2. The van der Waals surface area contributed by atoms with Gasteiger partial charge in [-0.25, -0.2) is 0 Å². The normalized spacial score (nSPS) is 30.4. The molecule has 2 rings (SSSR count). The van der Waals surface area contributed by atoms with Crippen molar-refractivity contribution in [3.05, 3.63) is 0 Å². The van der Waals surface area contributed by atoms with Crippen molar-refractivity contribution in [1.29, 1.82) is 0 Å². The number of hydrogen-bond donors (Lipinski definition) is 2. The summed E-state index contributed by atoms with van der Waals surface area (Å²) in [6.07, 6.45) is 7.14. The third-order valence-corrected chi connectivity index (χ3v) is 5.02. The first-order chi connectivity index (χ1) is 8.96. The summed E-state index contributed by atoms with van der Waals surface area (Å²) in [6.45, 7) is 8.77. The molecule has 2 aliphatic rings. The lowest BCUT2D eigenvalue weighted by atomic mass is 9.73. The molecule has 3 nitrogen and oxygen atoms in total. The highest BCUT2D eigenvalue weighted by Gasteiger charge is 2.28. The van der Waals surface area contributed by atoms with E-state index in [-0.39, 0.29) is 24.2 Å². The number of piperidine rings is 1. The molecule has 0 aromatic rings. The van der Waals surface area contributed by atoms with E-state index >= 15 is 0 Å². The predicted octanol–water partition coefficient (Wildman–Crippen LogP) is 3.13. The molecule has 1 saturated carbocycles. The van der Waals surface area contributed by atoms with E-state index in [1.54, 1.807) is 0 Å². The summed E-state index contributed by atoms with van der Waals surface area (Å²) in [5, 5.41) is 6.60. The fourth-order valence-corrected chi connectivity index (χ4v) is 3.42. The van der Waals surface area contributed by atoms with Gasteiger partial charge in [0.15, 0.2) is 0 Å². The van der Waals surface area contributed by atoms with Crippen LogP contribution in [-0.4, -0.2) is 25.0 Å². The van der Waals surface area contributed by atoms with Gasteiger partial charge >= 0.3 is 0 Å². The van der Waals surface area contributed by atoms with Crippen molar-refractivity contribution in [3.63, 3.8) is 0 Å². The summed E-state index contributed by atoms with van der Waals surface area (Å²) >= 11 is 0. The highest BCUT2D eigenvalue weighted by Crippen LogP contribution is 2.37. The lowest BCUT2D eigenvalue weighted by Gasteiger charge is -2.34. The Kier molecular flexibility index (Phi) is 6.80. The maximum atomic E-state index is 12.2. The molecule has 0 bridgehead atoms. The van der Waals surface area contributed by atoms with E-state index in [1.165, 1.54) is 25.7 Å². The highest BCUT2D eigenvalue weighted by atomic mass is 35.5. The molecular weight excluding hydrogens is 272 g/mol. The Morgan fingerprint density at radius 1 is 1.25 bits per heavy atom. The second-order valence-corrected chi connectivity index (χ2v) is 7.43. The fraction of sp³-hybridized carbons (Fsp3) is 0.938. The van der Waals surface area contributed by atoms with E-state index < -0.39 is 0 Å². The van der Waals surface area contributed by atoms with E-state index in [9.17, 15) is 4.79 Å². The minimum atomic E-state index is 0. The Bertz CT molecular complexity index is 310. The molecule has 0 aromatic heterocycles. The average Bonchev–Trinajstić information content (AvgIpc) is 2.37. The average molecular weight is 303 g/mol. The third-order valence-electron chi connectivity index (χ3n) is 5.02. The second kappa shape index (κ2) is 7.65. The molecule has 20 heavy (non-hydrogen) atoms. The second-order valence-electron chi connectivity index (χ2n) is 7.43. The van der Waals surface area contributed by atoms with Crippen LogP contribution in [0.3, 0.4) is 0 Å². The summed E-state index contributed by atoms with van der Waals surface area (Å²) in [5.41, 5.74) is 0.519. The largest absolute Gasteiger partial charge is 0.356 e. The highest BCUT2D eigenvalue weighted by molar-refractivity contribution is 5.85. The van der Waals surface area contributed by atoms with Crippen LogP contribution in [0.25, 0.3) is 0 Å². The Morgan fingerprint density at radius 3 is 2.50 bits per heavy atom. The molecule has 1 heterocycles. The number of carbonyl (C=O) groups is 1. The van der Waals surface area contributed by atoms with Gasteiger partial charge in [-0.2, -0.15) is 0 Å². The van der Waals surface area contributed by atoms with Gasteiger partial charge in [0, 0.05) is 18.5 Å². The van der Waals surface area contributed by atoms with Crippen molar-refractivity contribution in [2.24, 2.45) is 17.3 Å². The molecule has 118 valence electrons. The maximum Gasteiger partial charge on any atom is 0.223 e. The summed E-state index contributed by atoms with van der Waals surface area (Å²) in [6, 6.07) is 0.486. The molecule has 2 fully saturated rings. The van der Waals surface area contributed by atoms with Gasteiger partial charge in [-0.15, -0.1) is 12.4 Å². The van der Waals surface area contributed by atoms with E-state index in [0.29, 0.717) is 17.4 Å². The predicted molar refractivity (Wildman–Crippen MR) is 86.2 cm³/mol. The first kappa shape index (κ1) is 17.8. The van der Waals surface area contributed by atoms with E-state index in [4.69, 9.17) is 0 Å². The van der Waals surface area contributed by atoms with Crippen LogP contribution in [0.2, 0.25) is 0 Å². The molecule has 2 atom stereocenters. The topological polar surface area (TPSA) is 41.1 Å². The molecule has 1 aliphatic carbocycles. The number of hydrogen-bond acceptors (Lipinski definition) is 2. The Morgan fingerprint density at radius 2 is 1.90 bits per heavy atom. The van der Waals surface area contributed by atoms with Crippen LogP contribution in [0.5, 0.6) is 0 Å². The molecule has 0 radical (unpaired) electrons. The molecule has 0 aromatic carbocycles. The Labute approximate surface area is 130 Å². The molecular formula is C16H31ClN2O. The van der Waals surface area contributed by atoms with Crippen molar-refractivity contribution in [1.82, 2.24) is 10.6 Å². The van der Waals surface area contributed by atoms with Crippen LogP contribution >= 0.6 is 12.4 Å². The number of halogens is 1. The van der Waals surface area contributed by atoms with Gasteiger partial charge in [0.2, 0.25) is 5.91 Å². The fourth-order valence-electron chi connectivity index (χ4n) is 3.42. The van der Waals surface area contributed by atoms with Crippen molar-refractivity contribution < 1.29 is 4.79 Å². The van der Waals surface area contributed by atoms with Crippen molar-refractivity contribution in [3.8, 4) is 0 Å². The van der Waals surface area contributed by atoms with Gasteiger partial charge in [-0.1, -0.05) is 13.8 Å². The lowest BCUT2D eigenvalue weighted by Crippen LogP contribution is -2.43. The zero-order valence-electron chi connectivity index (χ0n) is 13.2. The number of amides is 1.